The van der Waals surface area contributed by atoms with Crippen molar-refractivity contribution in [2.45, 2.75) is 19.4 Å². The Morgan fingerprint density at radius 2 is 1.69 bits per heavy atom. The maximum Gasteiger partial charge on any atom is 0.305 e. The van der Waals surface area contributed by atoms with E-state index in [1.54, 1.807) is 6.92 Å². The van der Waals surface area contributed by atoms with E-state index in [0.717, 1.165) is 11.1 Å². The van der Waals surface area contributed by atoms with Gasteiger partial charge in [-0.2, -0.15) is 15.4 Å². The zero-order valence-corrected chi connectivity index (χ0v) is 14.1. The number of H-pyrrole nitrogens is 1. The van der Waals surface area contributed by atoms with Gasteiger partial charge in [-0.25, -0.2) is 0 Å². The highest BCUT2D eigenvalue weighted by molar-refractivity contribution is 5.93. The SMILES string of the molecule is Cc1n[nH]nc1C(=O)N[C@H](CC(=O)O)c1ccc(-c2ccccc2)cc1. The van der Waals surface area contributed by atoms with Gasteiger partial charge >= 0.3 is 5.97 Å². The molecule has 0 aliphatic heterocycles. The summed E-state index contributed by atoms with van der Waals surface area (Å²) < 4.78 is 0. The molecule has 0 fully saturated rings. The van der Waals surface area contributed by atoms with Gasteiger partial charge in [-0.3, -0.25) is 9.59 Å². The second kappa shape index (κ2) is 7.60. The van der Waals surface area contributed by atoms with Gasteiger partial charge in [0.15, 0.2) is 5.69 Å². The number of aryl methyl sites for hydroxylation is 1. The highest BCUT2D eigenvalue weighted by Gasteiger charge is 2.21. The van der Waals surface area contributed by atoms with Crippen molar-refractivity contribution < 1.29 is 14.7 Å². The van der Waals surface area contributed by atoms with E-state index in [-0.39, 0.29) is 12.1 Å². The summed E-state index contributed by atoms with van der Waals surface area (Å²) in [6.45, 7) is 1.65. The van der Waals surface area contributed by atoms with Gasteiger partial charge in [0, 0.05) is 0 Å². The monoisotopic (exact) mass is 350 g/mol. The van der Waals surface area contributed by atoms with Crippen LogP contribution in [-0.2, 0) is 4.79 Å². The molecule has 26 heavy (non-hydrogen) atoms. The van der Waals surface area contributed by atoms with Crippen molar-refractivity contribution >= 4 is 11.9 Å². The molecule has 0 saturated carbocycles. The number of hydrogen-bond acceptors (Lipinski definition) is 4. The number of nitrogens with one attached hydrogen (secondary N) is 2. The summed E-state index contributed by atoms with van der Waals surface area (Å²) in [4.78, 5) is 23.6. The number of amides is 1. The van der Waals surface area contributed by atoms with Crippen LogP contribution in [0.15, 0.2) is 54.6 Å². The summed E-state index contributed by atoms with van der Waals surface area (Å²) in [5, 5.41) is 21.9. The van der Waals surface area contributed by atoms with E-state index in [2.05, 4.69) is 20.7 Å². The van der Waals surface area contributed by atoms with Crippen LogP contribution in [0.3, 0.4) is 0 Å². The van der Waals surface area contributed by atoms with E-state index in [1.807, 2.05) is 54.6 Å². The third kappa shape index (κ3) is 3.94. The Bertz CT molecular complexity index is 904. The number of aliphatic carboxylic acids is 1. The minimum absolute atomic E-state index is 0.154. The Morgan fingerprint density at radius 1 is 1.04 bits per heavy atom. The first-order valence-electron chi connectivity index (χ1n) is 8.10. The first-order valence-corrected chi connectivity index (χ1v) is 8.10. The molecule has 132 valence electrons. The Labute approximate surface area is 150 Å². The van der Waals surface area contributed by atoms with Crippen LogP contribution in [0.4, 0.5) is 0 Å². The predicted octanol–water partition coefficient (Wildman–Crippen LogP) is 2.73. The average molecular weight is 350 g/mol. The molecule has 1 amide bonds. The topological polar surface area (TPSA) is 108 Å². The largest absolute Gasteiger partial charge is 0.481 e. The van der Waals surface area contributed by atoms with Gasteiger partial charge in [0.25, 0.3) is 5.91 Å². The molecule has 0 saturated heterocycles. The fourth-order valence-electron chi connectivity index (χ4n) is 2.69. The van der Waals surface area contributed by atoms with E-state index in [1.165, 1.54) is 0 Å². The molecule has 3 aromatic rings. The minimum atomic E-state index is -1.00. The summed E-state index contributed by atoms with van der Waals surface area (Å²) in [7, 11) is 0. The molecule has 7 nitrogen and oxygen atoms in total. The summed E-state index contributed by atoms with van der Waals surface area (Å²) in [5.74, 6) is -1.46. The third-order valence-electron chi connectivity index (χ3n) is 4.04. The molecule has 1 atom stereocenters. The molecule has 0 bridgehead atoms. The lowest BCUT2D eigenvalue weighted by Crippen LogP contribution is -2.31. The number of rotatable bonds is 6. The number of carboxylic acids is 1. The molecule has 1 heterocycles. The van der Waals surface area contributed by atoms with Crippen molar-refractivity contribution in [1.82, 2.24) is 20.7 Å². The molecular weight excluding hydrogens is 332 g/mol. The Hall–Kier alpha value is -3.48. The number of carbonyl (C=O) groups excluding carboxylic acids is 1. The number of aromatic nitrogens is 3. The minimum Gasteiger partial charge on any atom is -0.481 e. The number of carbonyl (C=O) groups is 2. The van der Waals surface area contributed by atoms with Crippen molar-refractivity contribution in [2.24, 2.45) is 0 Å². The van der Waals surface area contributed by atoms with E-state index < -0.39 is 17.9 Å². The van der Waals surface area contributed by atoms with Crippen LogP contribution in [0.1, 0.15) is 34.2 Å². The standard InChI is InChI=1S/C19H18N4O3/c1-12-18(22-23-21-12)19(26)20-16(11-17(24)25)15-9-7-14(8-10-15)13-5-3-2-4-6-13/h2-10,16H,11H2,1H3,(H,20,26)(H,24,25)(H,21,22,23)/t16-/m1/s1. The second-order valence-corrected chi connectivity index (χ2v) is 5.87. The summed E-state index contributed by atoms with van der Waals surface area (Å²) in [6, 6.07) is 16.7. The molecule has 0 aliphatic rings. The zero-order valence-electron chi connectivity index (χ0n) is 14.1. The fourth-order valence-corrected chi connectivity index (χ4v) is 2.69. The zero-order chi connectivity index (χ0) is 18.5. The van der Waals surface area contributed by atoms with E-state index in [9.17, 15) is 14.7 Å². The smallest absolute Gasteiger partial charge is 0.305 e. The number of carboxylic acid groups (broad SMARTS) is 1. The lowest BCUT2D eigenvalue weighted by atomic mass is 9.99. The van der Waals surface area contributed by atoms with E-state index in [4.69, 9.17) is 0 Å². The van der Waals surface area contributed by atoms with Crippen molar-refractivity contribution in [1.29, 1.82) is 0 Å². The number of nitrogens with zero attached hydrogens (tertiary/aromatic N) is 2. The lowest BCUT2D eigenvalue weighted by molar-refractivity contribution is -0.137. The molecule has 0 unspecified atom stereocenters. The number of benzene rings is 2. The van der Waals surface area contributed by atoms with Crippen LogP contribution in [0, 0.1) is 6.92 Å². The van der Waals surface area contributed by atoms with Gasteiger partial charge in [-0.1, -0.05) is 54.6 Å². The maximum atomic E-state index is 12.4. The van der Waals surface area contributed by atoms with Crippen LogP contribution in [-0.4, -0.2) is 32.4 Å². The van der Waals surface area contributed by atoms with Crippen LogP contribution < -0.4 is 5.32 Å². The Kier molecular flexibility index (Phi) is 5.07. The lowest BCUT2D eigenvalue weighted by Gasteiger charge is -2.17. The summed E-state index contributed by atoms with van der Waals surface area (Å²) in [5.41, 5.74) is 3.40. The van der Waals surface area contributed by atoms with Gasteiger partial charge in [0.2, 0.25) is 0 Å². The van der Waals surface area contributed by atoms with Crippen LogP contribution in [0.5, 0.6) is 0 Å². The molecule has 7 heteroatoms. The normalized spacial score (nSPS) is 11.7. The highest BCUT2D eigenvalue weighted by Crippen LogP contribution is 2.23. The maximum absolute atomic E-state index is 12.4. The van der Waals surface area contributed by atoms with Crippen LogP contribution in [0.2, 0.25) is 0 Å². The predicted molar refractivity (Wildman–Crippen MR) is 95.5 cm³/mol. The van der Waals surface area contributed by atoms with Crippen molar-refractivity contribution in [3.63, 3.8) is 0 Å². The van der Waals surface area contributed by atoms with Crippen molar-refractivity contribution in [3.05, 3.63) is 71.5 Å². The molecule has 0 aliphatic carbocycles. The number of hydrogen-bond donors (Lipinski definition) is 3. The molecular formula is C19H18N4O3. The number of aromatic amines is 1. The second-order valence-electron chi connectivity index (χ2n) is 5.87. The van der Waals surface area contributed by atoms with Gasteiger partial charge in [-0.05, 0) is 23.6 Å². The Balaban J connectivity index is 1.82. The van der Waals surface area contributed by atoms with Gasteiger partial charge < -0.3 is 10.4 Å². The van der Waals surface area contributed by atoms with E-state index in [0.29, 0.717) is 11.3 Å². The first kappa shape index (κ1) is 17.3. The molecule has 3 rings (SSSR count). The fraction of sp³-hybridized carbons (Fsp3) is 0.158. The van der Waals surface area contributed by atoms with Gasteiger partial charge in [-0.15, -0.1) is 0 Å². The summed E-state index contributed by atoms with van der Waals surface area (Å²) >= 11 is 0. The molecule has 0 radical (unpaired) electrons. The van der Waals surface area contributed by atoms with Crippen LogP contribution >= 0.6 is 0 Å². The van der Waals surface area contributed by atoms with E-state index >= 15 is 0 Å². The average Bonchev–Trinajstić information content (AvgIpc) is 3.08. The summed E-state index contributed by atoms with van der Waals surface area (Å²) in [6.07, 6.45) is -0.229. The third-order valence-corrected chi connectivity index (χ3v) is 4.04. The van der Waals surface area contributed by atoms with Gasteiger partial charge in [0.05, 0.1) is 18.2 Å². The van der Waals surface area contributed by atoms with Crippen LogP contribution in [0.25, 0.3) is 11.1 Å². The molecule has 2 aromatic carbocycles. The van der Waals surface area contributed by atoms with Crippen molar-refractivity contribution in [2.75, 3.05) is 0 Å². The quantitative estimate of drug-likeness (QED) is 0.633. The Morgan fingerprint density at radius 3 is 2.27 bits per heavy atom. The highest BCUT2D eigenvalue weighted by atomic mass is 16.4. The molecule has 0 spiro atoms. The van der Waals surface area contributed by atoms with Crippen molar-refractivity contribution in [3.8, 4) is 11.1 Å². The molecule has 3 N–H and O–H groups in total. The molecule has 1 aromatic heterocycles. The van der Waals surface area contributed by atoms with Gasteiger partial charge in [0.1, 0.15) is 0 Å². The first-order chi connectivity index (χ1) is 12.5.